The number of fused-ring (bicyclic) bond motifs is 1. The molecule has 0 saturated heterocycles. The summed E-state index contributed by atoms with van der Waals surface area (Å²) in [6.45, 7) is 11.4. The second-order valence-electron chi connectivity index (χ2n) is 7.47. The highest BCUT2D eigenvalue weighted by atomic mass is 16.6. The Kier molecular flexibility index (Phi) is 7.97. The average Bonchev–Trinajstić information content (AvgIpc) is 2.80. The van der Waals surface area contributed by atoms with Gasteiger partial charge in [0.05, 0.1) is 6.54 Å². The van der Waals surface area contributed by atoms with Crippen molar-refractivity contribution in [2.45, 2.75) is 40.0 Å². The van der Waals surface area contributed by atoms with E-state index in [9.17, 15) is 4.79 Å². The minimum absolute atomic E-state index is 0.0906. The summed E-state index contributed by atoms with van der Waals surface area (Å²) in [6, 6.07) is 16.0. The van der Waals surface area contributed by atoms with Crippen LogP contribution in [0, 0.1) is 0 Å². The van der Waals surface area contributed by atoms with E-state index in [0.29, 0.717) is 26.2 Å². The number of para-hydroxylation sites is 2. The topological polar surface area (TPSA) is 54.0 Å². The van der Waals surface area contributed by atoms with E-state index in [0.717, 1.165) is 36.7 Å². The smallest absolute Gasteiger partial charge is 0.317 e. The number of nitrogens with one attached hydrogen (secondary N) is 1. The van der Waals surface area contributed by atoms with Gasteiger partial charge >= 0.3 is 6.03 Å². The van der Waals surface area contributed by atoms with Gasteiger partial charge in [0, 0.05) is 19.6 Å². The quantitative estimate of drug-likeness (QED) is 0.680. The number of carbonyl (C=O) groups excluding carboxylic acids is 1. The Hall–Kier alpha value is -2.73. The summed E-state index contributed by atoms with van der Waals surface area (Å²) < 4.78 is 11.7. The van der Waals surface area contributed by atoms with Crippen molar-refractivity contribution in [3.05, 3.63) is 59.7 Å². The molecule has 2 aromatic carbocycles. The number of amides is 2. The highest BCUT2D eigenvalue weighted by molar-refractivity contribution is 5.74. The number of nitrogens with zero attached hydrogens (tertiary/aromatic N) is 2. The lowest BCUT2D eigenvalue weighted by molar-refractivity contribution is 0.0675. The number of rotatable bonds is 9. The van der Waals surface area contributed by atoms with Gasteiger partial charge in [-0.25, -0.2) is 4.79 Å². The summed E-state index contributed by atoms with van der Waals surface area (Å²) >= 11 is 0. The van der Waals surface area contributed by atoms with Crippen LogP contribution < -0.4 is 14.8 Å². The molecule has 6 nitrogen and oxygen atoms in total. The first-order valence-electron chi connectivity index (χ1n) is 10.8. The maximum absolute atomic E-state index is 12.7. The summed E-state index contributed by atoms with van der Waals surface area (Å²) in [5.41, 5.74) is 2.38. The second kappa shape index (κ2) is 10.9. The molecule has 0 spiro atoms. The van der Waals surface area contributed by atoms with Crippen LogP contribution in [0.25, 0.3) is 0 Å². The molecule has 1 aliphatic rings. The van der Waals surface area contributed by atoms with Crippen LogP contribution in [0.1, 0.15) is 31.9 Å². The SMILES string of the molecule is CCN(CC)Cc1ccc(CNC(=O)N(CC)C[C@H]2COc3ccccc3O2)cc1. The molecule has 1 atom stereocenters. The van der Waals surface area contributed by atoms with Crippen molar-refractivity contribution < 1.29 is 14.3 Å². The van der Waals surface area contributed by atoms with E-state index in [1.54, 1.807) is 4.90 Å². The molecule has 2 aromatic rings. The van der Waals surface area contributed by atoms with E-state index in [-0.39, 0.29) is 12.1 Å². The molecule has 0 aliphatic carbocycles. The second-order valence-corrected chi connectivity index (χ2v) is 7.47. The first-order valence-corrected chi connectivity index (χ1v) is 10.8. The maximum atomic E-state index is 12.7. The lowest BCUT2D eigenvalue weighted by Crippen LogP contribution is -2.47. The van der Waals surface area contributed by atoms with E-state index in [1.165, 1.54) is 5.56 Å². The number of carbonyl (C=O) groups is 1. The molecule has 0 radical (unpaired) electrons. The van der Waals surface area contributed by atoms with E-state index < -0.39 is 0 Å². The fourth-order valence-electron chi connectivity index (χ4n) is 3.51. The lowest BCUT2D eigenvalue weighted by Gasteiger charge is -2.31. The summed E-state index contributed by atoms with van der Waals surface area (Å²) in [5, 5.41) is 3.02. The summed E-state index contributed by atoms with van der Waals surface area (Å²) in [5.74, 6) is 1.49. The molecule has 30 heavy (non-hydrogen) atoms. The van der Waals surface area contributed by atoms with Gasteiger partial charge < -0.3 is 19.7 Å². The van der Waals surface area contributed by atoms with Gasteiger partial charge in [-0.2, -0.15) is 0 Å². The fourth-order valence-corrected chi connectivity index (χ4v) is 3.51. The predicted octanol–water partition coefficient (Wildman–Crippen LogP) is 3.90. The Bertz CT molecular complexity index is 806. The molecule has 1 heterocycles. The van der Waals surface area contributed by atoms with Crippen molar-refractivity contribution in [2.75, 3.05) is 32.8 Å². The number of benzene rings is 2. The molecule has 162 valence electrons. The molecule has 0 aromatic heterocycles. The highest BCUT2D eigenvalue weighted by Crippen LogP contribution is 2.31. The molecule has 0 saturated carbocycles. The molecule has 1 N–H and O–H groups in total. The normalized spacial score (nSPS) is 15.1. The predicted molar refractivity (Wildman–Crippen MR) is 119 cm³/mol. The third-order valence-corrected chi connectivity index (χ3v) is 5.43. The Morgan fingerprint density at radius 2 is 1.63 bits per heavy atom. The largest absolute Gasteiger partial charge is 0.486 e. The zero-order valence-corrected chi connectivity index (χ0v) is 18.3. The van der Waals surface area contributed by atoms with E-state index in [2.05, 4.69) is 48.3 Å². The van der Waals surface area contributed by atoms with Crippen molar-refractivity contribution in [3.8, 4) is 11.5 Å². The zero-order valence-electron chi connectivity index (χ0n) is 18.3. The van der Waals surface area contributed by atoms with Gasteiger partial charge in [0.15, 0.2) is 17.6 Å². The minimum atomic E-state index is -0.176. The van der Waals surface area contributed by atoms with Crippen LogP contribution in [-0.2, 0) is 13.1 Å². The standard InChI is InChI=1S/C24H33N3O3/c1-4-26(5-2)16-20-13-11-19(12-14-20)15-25-24(28)27(6-3)17-21-18-29-22-9-7-8-10-23(22)30-21/h7-14,21H,4-6,15-18H2,1-3H3,(H,25,28)/t21-/m0/s1. The molecule has 0 unspecified atom stereocenters. The summed E-state index contributed by atoms with van der Waals surface area (Å²) in [6.07, 6.45) is -0.176. The molecule has 0 bridgehead atoms. The Morgan fingerprint density at radius 1 is 0.967 bits per heavy atom. The Labute approximate surface area is 179 Å². The Morgan fingerprint density at radius 3 is 2.30 bits per heavy atom. The lowest BCUT2D eigenvalue weighted by atomic mass is 10.1. The van der Waals surface area contributed by atoms with Crippen LogP contribution >= 0.6 is 0 Å². The van der Waals surface area contributed by atoms with Gasteiger partial charge in [-0.1, -0.05) is 50.2 Å². The molecule has 2 amide bonds. The number of ether oxygens (including phenoxy) is 2. The van der Waals surface area contributed by atoms with E-state index >= 15 is 0 Å². The van der Waals surface area contributed by atoms with Crippen molar-refractivity contribution in [3.63, 3.8) is 0 Å². The van der Waals surface area contributed by atoms with Crippen molar-refractivity contribution in [1.29, 1.82) is 0 Å². The molecular formula is C24H33N3O3. The van der Waals surface area contributed by atoms with Crippen LogP contribution in [0.2, 0.25) is 0 Å². The van der Waals surface area contributed by atoms with Crippen molar-refractivity contribution in [1.82, 2.24) is 15.1 Å². The van der Waals surface area contributed by atoms with E-state index in [1.807, 2.05) is 31.2 Å². The number of likely N-dealkylation sites (N-methyl/N-ethyl adjacent to an activating group) is 1. The Balaban J connectivity index is 1.48. The average molecular weight is 412 g/mol. The van der Waals surface area contributed by atoms with Crippen molar-refractivity contribution in [2.24, 2.45) is 0 Å². The van der Waals surface area contributed by atoms with E-state index in [4.69, 9.17) is 9.47 Å². The summed E-state index contributed by atoms with van der Waals surface area (Å²) in [7, 11) is 0. The first-order chi connectivity index (χ1) is 14.6. The monoisotopic (exact) mass is 411 g/mol. The first kappa shape index (κ1) is 22.0. The minimum Gasteiger partial charge on any atom is -0.486 e. The van der Waals surface area contributed by atoms with Gasteiger partial charge in [0.2, 0.25) is 0 Å². The van der Waals surface area contributed by atoms with Crippen molar-refractivity contribution >= 4 is 6.03 Å². The van der Waals surface area contributed by atoms with Crippen LogP contribution in [0.15, 0.2) is 48.5 Å². The zero-order chi connectivity index (χ0) is 21.3. The molecular weight excluding hydrogens is 378 g/mol. The maximum Gasteiger partial charge on any atom is 0.317 e. The van der Waals surface area contributed by atoms with Gasteiger partial charge in [-0.3, -0.25) is 4.90 Å². The molecule has 6 heteroatoms. The van der Waals surface area contributed by atoms with Gasteiger partial charge in [0.1, 0.15) is 6.61 Å². The highest BCUT2D eigenvalue weighted by Gasteiger charge is 2.24. The number of urea groups is 1. The van der Waals surface area contributed by atoms with Gasteiger partial charge in [-0.05, 0) is 43.3 Å². The fraction of sp³-hybridized carbons (Fsp3) is 0.458. The summed E-state index contributed by atoms with van der Waals surface area (Å²) in [4.78, 5) is 16.8. The van der Waals surface area contributed by atoms with Gasteiger partial charge in [0.25, 0.3) is 0 Å². The van der Waals surface area contributed by atoms with Gasteiger partial charge in [-0.15, -0.1) is 0 Å². The third-order valence-electron chi connectivity index (χ3n) is 5.43. The molecule has 0 fully saturated rings. The molecule has 3 rings (SSSR count). The number of hydrogen-bond donors (Lipinski definition) is 1. The number of hydrogen-bond acceptors (Lipinski definition) is 4. The van der Waals surface area contributed by atoms with Crippen LogP contribution in [0.4, 0.5) is 4.79 Å². The molecule has 1 aliphatic heterocycles. The van der Waals surface area contributed by atoms with Crippen LogP contribution in [0.5, 0.6) is 11.5 Å². The third kappa shape index (κ3) is 5.89. The van der Waals surface area contributed by atoms with Crippen LogP contribution in [-0.4, -0.2) is 54.7 Å². The van der Waals surface area contributed by atoms with Crippen LogP contribution in [0.3, 0.4) is 0 Å².